The van der Waals surface area contributed by atoms with Gasteiger partial charge in [-0.05, 0) is 76.2 Å². The van der Waals surface area contributed by atoms with Gasteiger partial charge in [0.2, 0.25) is 0 Å². The van der Waals surface area contributed by atoms with Crippen LogP contribution in [-0.4, -0.2) is 8.97 Å². The van der Waals surface area contributed by atoms with E-state index in [0.29, 0.717) is 0 Å². The highest BCUT2D eigenvalue weighted by atomic mass is 15.0. The summed E-state index contributed by atoms with van der Waals surface area (Å²) in [6, 6.07) is 62.1. The van der Waals surface area contributed by atoms with Crippen molar-refractivity contribution in [2.75, 3.05) is 0 Å². The first-order valence-electron chi connectivity index (χ1n) is 15.9. The average molecular weight is 585 g/mol. The third kappa shape index (κ3) is 3.65. The number of benzene rings is 7. The molecule has 0 saturated carbocycles. The number of hydrogen-bond acceptors (Lipinski definition) is 0. The quantitative estimate of drug-likeness (QED) is 0.183. The van der Waals surface area contributed by atoms with E-state index in [1.165, 1.54) is 82.2 Å². The fourth-order valence-electron chi connectivity index (χ4n) is 7.58. The van der Waals surface area contributed by atoms with Crippen LogP contribution in [0, 0.1) is 0 Å². The smallest absolute Gasteiger partial charge is 0.0562 e. The van der Waals surface area contributed by atoms with Crippen LogP contribution in [0.1, 0.15) is 0 Å². The Morgan fingerprint density at radius 1 is 0.283 bits per heavy atom. The highest BCUT2D eigenvalue weighted by Crippen LogP contribution is 2.40. The van der Waals surface area contributed by atoms with Crippen LogP contribution < -0.4 is 0 Å². The largest absolute Gasteiger partial charge is 0.309 e. The summed E-state index contributed by atoms with van der Waals surface area (Å²) in [6.45, 7) is 0. The van der Waals surface area contributed by atoms with Gasteiger partial charge in [-0.1, -0.05) is 121 Å². The summed E-state index contributed by atoms with van der Waals surface area (Å²) in [5.41, 5.74) is 12.1. The number of hydrogen-bond donors (Lipinski definition) is 0. The average Bonchev–Trinajstić information content (AvgIpc) is 3.67. The first-order chi connectivity index (χ1) is 22.8. The monoisotopic (exact) mass is 584 g/mol. The van der Waals surface area contributed by atoms with E-state index in [0.717, 1.165) is 5.69 Å². The molecule has 46 heavy (non-hydrogen) atoms. The van der Waals surface area contributed by atoms with Crippen LogP contribution in [0.5, 0.6) is 0 Å². The molecule has 0 aliphatic heterocycles. The Balaban J connectivity index is 1.35. The second-order valence-electron chi connectivity index (χ2n) is 12.2. The van der Waals surface area contributed by atoms with E-state index < -0.39 is 0 Å². The normalized spacial score (nSPS) is 11.9. The molecule has 10 aromatic rings. The number of fused-ring (bicyclic) bond motifs is 11. The first kappa shape index (κ1) is 25.2. The highest BCUT2D eigenvalue weighted by molar-refractivity contribution is 6.19. The maximum absolute atomic E-state index is 2.46. The van der Waals surface area contributed by atoms with Crippen LogP contribution in [0.3, 0.4) is 0 Å². The summed E-state index contributed by atoms with van der Waals surface area (Å²) in [5, 5.41) is 7.61. The SMILES string of the molecule is c1ccc(-c2cc(-c3ccccc3)cc(-n3c4ccccc4c4cc5cc6c7ccccc7c7ccccc7n6c5cc43)c2)cc1. The van der Waals surface area contributed by atoms with Gasteiger partial charge in [-0.3, -0.25) is 0 Å². The first-order valence-corrected chi connectivity index (χ1v) is 15.9. The molecular weight excluding hydrogens is 556 g/mol. The zero-order chi connectivity index (χ0) is 30.2. The van der Waals surface area contributed by atoms with Gasteiger partial charge >= 0.3 is 0 Å². The van der Waals surface area contributed by atoms with E-state index in [4.69, 9.17) is 0 Å². The summed E-state index contributed by atoms with van der Waals surface area (Å²) in [5.74, 6) is 0. The predicted octanol–water partition coefficient (Wildman–Crippen LogP) is 11.8. The lowest BCUT2D eigenvalue weighted by Gasteiger charge is -2.14. The van der Waals surface area contributed by atoms with E-state index in [9.17, 15) is 0 Å². The van der Waals surface area contributed by atoms with Gasteiger partial charge in [0.25, 0.3) is 0 Å². The summed E-state index contributed by atoms with van der Waals surface area (Å²) in [4.78, 5) is 0. The maximum atomic E-state index is 2.46. The van der Waals surface area contributed by atoms with E-state index in [-0.39, 0.29) is 0 Å². The van der Waals surface area contributed by atoms with Crippen LogP contribution in [0.4, 0.5) is 0 Å². The third-order valence-corrected chi connectivity index (χ3v) is 9.62. The van der Waals surface area contributed by atoms with Crippen LogP contribution in [0.15, 0.2) is 170 Å². The Bertz CT molecular complexity index is 2730. The van der Waals surface area contributed by atoms with Crippen molar-refractivity contribution in [2.24, 2.45) is 0 Å². The van der Waals surface area contributed by atoms with Crippen molar-refractivity contribution < 1.29 is 0 Å². The second-order valence-corrected chi connectivity index (χ2v) is 12.2. The van der Waals surface area contributed by atoms with Crippen LogP contribution >= 0.6 is 0 Å². The molecular formula is C44H28N2. The molecule has 0 unspecified atom stereocenters. The number of pyridine rings is 1. The van der Waals surface area contributed by atoms with Crippen molar-refractivity contribution in [3.05, 3.63) is 170 Å². The van der Waals surface area contributed by atoms with Crippen molar-refractivity contribution in [2.45, 2.75) is 0 Å². The molecule has 10 rings (SSSR count). The van der Waals surface area contributed by atoms with Crippen LogP contribution in [0.25, 0.3) is 87.8 Å². The topological polar surface area (TPSA) is 9.34 Å². The predicted molar refractivity (Wildman–Crippen MR) is 195 cm³/mol. The number of rotatable bonds is 3. The molecule has 0 N–H and O–H groups in total. The third-order valence-electron chi connectivity index (χ3n) is 9.62. The zero-order valence-electron chi connectivity index (χ0n) is 25.1. The van der Waals surface area contributed by atoms with Crippen LogP contribution in [-0.2, 0) is 0 Å². The minimum atomic E-state index is 1.15. The molecule has 3 aromatic heterocycles. The molecule has 0 spiro atoms. The van der Waals surface area contributed by atoms with E-state index >= 15 is 0 Å². The molecule has 0 saturated heterocycles. The standard InChI is InChI=1S/C44H28N2/c1-3-13-29(14-4-1)31-23-32(30-15-5-2-6-16-30)25-34(24-31)45-40-21-11-10-20-38(40)39-26-33-27-43-37-19-8-7-17-35(37)36-18-9-12-22-41(36)46(43)42(33)28-44(39)45/h1-28H. The number of aromatic nitrogens is 2. The lowest BCUT2D eigenvalue weighted by atomic mass is 9.98. The fourth-order valence-corrected chi connectivity index (χ4v) is 7.58. The number of nitrogens with zero attached hydrogens (tertiary/aromatic N) is 2. The molecule has 0 atom stereocenters. The van der Waals surface area contributed by atoms with Gasteiger partial charge in [0, 0.05) is 32.6 Å². The van der Waals surface area contributed by atoms with Crippen molar-refractivity contribution in [1.29, 1.82) is 0 Å². The molecule has 214 valence electrons. The lowest BCUT2D eigenvalue weighted by Crippen LogP contribution is -1.96. The van der Waals surface area contributed by atoms with Crippen molar-refractivity contribution in [1.82, 2.24) is 8.97 Å². The molecule has 7 aromatic carbocycles. The molecule has 0 amide bonds. The molecule has 2 heteroatoms. The fraction of sp³-hybridized carbons (Fsp3) is 0. The highest BCUT2D eigenvalue weighted by Gasteiger charge is 2.18. The maximum Gasteiger partial charge on any atom is 0.0562 e. The summed E-state index contributed by atoms with van der Waals surface area (Å²) < 4.78 is 4.93. The summed E-state index contributed by atoms with van der Waals surface area (Å²) in [7, 11) is 0. The second kappa shape index (κ2) is 9.69. The minimum Gasteiger partial charge on any atom is -0.309 e. The molecule has 0 bridgehead atoms. The van der Waals surface area contributed by atoms with Gasteiger partial charge in [-0.25, -0.2) is 0 Å². The zero-order valence-corrected chi connectivity index (χ0v) is 25.1. The van der Waals surface area contributed by atoms with Gasteiger partial charge in [-0.15, -0.1) is 0 Å². The Labute approximate surface area is 266 Å². The van der Waals surface area contributed by atoms with Crippen molar-refractivity contribution in [3.8, 4) is 27.9 Å². The summed E-state index contributed by atoms with van der Waals surface area (Å²) >= 11 is 0. The number of para-hydroxylation sites is 2. The molecule has 0 radical (unpaired) electrons. The molecule has 0 aliphatic carbocycles. The van der Waals surface area contributed by atoms with Crippen molar-refractivity contribution in [3.63, 3.8) is 0 Å². The van der Waals surface area contributed by atoms with Gasteiger partial charge in [-0.2, -0.15) is 0 Å². The van der Waals surface area contributed by atoms with Crippen molar-refractivity contribution >= 4 is 59.9 Å². The Hall–Kier alpha value is -6.12. The van der Waals surface area contributed by atoms with Gasteiger partial charge in [0.1, 0.15) is 0 Å². The Morgan fingerprint density at radius 2 is 0.804 bits per heavy atom. The van der Waals surface area contributed by atoms with Gasteiger partial charge in [0.15, 0.2) is 0 Å². The van der Waals surface area contributed by atoms with Gasteiger partial charge in [0.05, 0.1) is 27.6 Å². The van der Waals surface area contributed by atoms with Crippen LogP contribution in [0.2, 0.25) is 0 Å². The Morgan fingerprint density at radius 3 is 1.46 bits per heavy atom. The molecule has 3 heterocycles. The van der Waals surface area contributed by atoms with E-state index in [1.54, 1.807) is 0 Å². The molecule has 0 fully saturated rings. The summed E-state index contributed by atoms with van der Waals surface area (Å²) in [6.07, 6.45) is 0. The Kier molecular flexibility index (Phi) is 5.31. The van der Waals surface area contributed by atoms with E-state index in [1.807, 2.05) is 0 Å². The van der Waals surface area contributed by atoms with Gasteiger partial charge < -0.3 is 8.97 Å². The lowest BCUT2D eigenvalue weighted by molar-refractivity contribution is 1.18. The van der Waals surface area contributed by atoms with E-state index in [2.05, 4.69) is 179 Å². The molecule has 2 nitrogen and oxygen atoms in total. The minimum absolute atomic E-state index is 1.15. The molecule has 0 aliphatic rings.